The van der Waals surface area contributed by atoms with Crippen molar-refractivity contribution in [1.82, 2.24) is 0 Å². The molecule has 0 saturated heterocycles. The molecule has 0 aliphatic carbocycles. The zero-order valence-electron chi connectivity index (χ0n) is 7.93. The van der Waals surface area contributed by atoms with E-state index in [-0.39, 0.29) is 0 Å². The number of rotatable bonds is 3. The van der Waals surface area contributed by atoms with Crippen molar-refractivity contribution in [3.63, 3.8) is 0 Å². The lowest BCUT2D eigenvalue weighted by atomic mass is 10.4. The predicted molar refractivity (Wildman–Crippen MR) is 73.4 cm³/mol. The highest BCUT2D eigenvalue weighted by Gasteiger charge is 2.01. The monoisotopic (exact) mass is 288 g/mol. The van der Waals surface area contributed by atoms with Crippen LogP contribution >= 0.6 is 45.9 Å². The van der Waals surface area contributed by atoms with Crippen LogP contribution < -0.4 is 0 Å². The molecule has 0 spiro atoms. The van der Waals surface area contributed by atoms with E-state index >= 15 is 0 Å². The molecule has 0 bridgehead atoms. The fourth-order valence-corrected chi connectivity index (χ4v) is 2.69. The number of thiophene rings is 2. The molecule has 0 aliphatic rings. The summed E-state index contributed by atoms with van der Waals surface area (Å²) in [5.74, 6) is 0. The Morgan fingerprint density at radius 3 is 1.62 bits per heavy atom. The molecule has 0 N–H and O–H groups in total. The SMILES string of the molecule is Cl/C(=N/N=C(/Cl)c1ccsc1)c1ccsc1. The normalized spacial score (nSPS) is 13.1. The molecule has 0 atom stereocenters. The second-order valence-electron chi connectivity index (χ2n) is 2.81. The van der Waals surface area contributed by atoms with Crippen LogP contribution in [0.2, 0.25) is 0 Å². The summed E-state index contributed by atoms with van der Waals surface area (Å²) in [6.07, 6.45) is 0. The minimum absolute atomic E-state index is 0.342. The van der Waals surface area contributed by atoms with Gasteiger partial charge in [-0.1, -0.05) is 23.2 Å². The zero-order chi connectivity index (χ0) is 11.4. The van der Waals surface area contributed by atoms with E-state index in [1.807, 2.05) is 33.7 Å². The largest absolute Gasteiger partial charge is 0.159 e. The molecule has 0 unspecified atom stereocenters. The molecular formula is C10H6Cl2N2S2. The van der Waals surface area contributed by atoms with E-state index in [4.69, 9.17) is 23.2 Å². The average molecular weight is 289 g/mol. The van der Waals surface area contributed by atoms with Crippen LogP contribution in [0.25, 0.3) is 0 Å². The van der Waals surface area contributed by atoms with Gasteiger partial charge in [0.25, 0.3) is 0 Å². The molecule has 0 aliphatic heterocycles. The minimum atomic E-state index is 0.342. The molecule has 0 fully saturated rings. The summed E-state index contributed by atoms with van der Waals surface area (Å²) in [6, 6.07) is 3.76. The molecule has 6 heteroatoms. The first-order chi connectivity index (χ1) is 7.77. The van der Waals surface area contributed by atoms with Crippen molar-refractivity contribution in [3.05, 3.63) is 44.8 Å². The highest BCUT2D eigenvalue weighted by molar-refractivity contribution is 7.08. The van der Waals surface area contributed by atoms with E-state index in [0.717, 1.165) is 11.1 Å². The van der Waals surface area contributed by atoms with Gasteiger partial charge in [-0.15, -0.1) is 10.2 Å². The van der Waals surface area contributed by atoms with Crippen molar-refractivity contribution in [2.45, 2.75) is 0 Å². The average Bonchev–Trinajstić information content (AvgIpc) is 2.95. The maximum atomic E-state index is 5.95. The molecule has 2 aromatic heterocycles. The van der Waals surface area contributed by atoms with Crippen molar-refractivity contribution in [1.29, 1.82) is 0 Å². The van der Waals surface area contributed by atoms with Gasteiger partial charge in [0, 0.05) is 21.9 Å². The van der Waals surface area contributed by atoms with Crippen LogP contribution in [0, 0.1) is 0 Å². The third kappa shape index (κ3) is 2.92. The van der Waals surface area contributed by atoms with E-state index in [1.165, 1.54) is 0 Å². The van der Waals surface area contributed by atoms with Gasteiger partial charge in [0.1, 0.15) is 0 Å². The van der Waals surface area contributed by atoms with Crippen LogP contribution in [0.5, 0.6) is 0 Å². The van der Waals surface area contributed by atoms with Gasteiger partial charge in [-0.05, 0) is 22.9 Å². The molecule has 0 amide bonds. The third-order valence-corrected chi connectivity index (χ3v) is 3.70. The van der Waals surface area contributed by atoms with Gasteiger partial charge in [0.05, 0.1) is 0 Å². The molecule has 2 aromatic rings. The van der Waals surface area contributed by atoms with Crippen LogP contribution in [-0.4, -0.2) is 10.3 Å². The van der Waals surface area contributed by atoms with Gasteiger partial charge in [0.15, 0.2) is 10.3 Å². The topological polar surface area (TPSA) is 24.7 Å². The smallest absolute Gasteiger partial charge is 0.152 e. The third-order valence-electron chi connectivity index (χ3n) is 1.74. The lowest BCUT2D eigenvalue weighted by Crippen LogP contribution is -1.89. The first-order valence-corrected chi connectivity index (χ1v) is 6.93. The summed E-state index contributed by atoms with van der Waals surface area (Å²) in [6.45, 7) is 0. The summed E-state index contributed by atoms with van der Waals surface area (Å²) in [5.41, 5.74) is 1.70. The number of nitrogens with zero attached hydrogens (tertiary/aromatic N) is 2. The first-order valence-electron chi connectivity index (χ1n) is 4.29. The Morgan fingerprint density at radius 1 is 0.875 bits per heavy atom. The molecule has 0 radical (unpaired) electrons. The fourth-order valence-electron chi connectivity index (χ4n) is 0.967. The van der Waals surface area contributed by atoms with E-state index in [0.29, 0.717) is 10.3 Å². The van der Waals surface area contributed by atoms with E-state index in [9.17, 15) is 0 Å². The molecule has 2 rings (SSSR count). The van der Waals surface area contributed by atoms with Crippen molar-refractivity contribution in [3.8, 4) is 0 Å². The zero-order valence-corrected chi connectivity index (χ0v) is 11.1. The maximum Gasteiger partial charge on any atom is 0.159 e. The Labute approximate surface area is 111 Å². The van der Waals surface area contributed by atoms with Crippen LogP contribution in [-0.2, 0) is 0 Å². The molecule has 0 saturated carbocycles. The summed E-state index contributed by atoms with van der Waals surface area (Å²) in [4.78, 5) is 0. The van der Waals surface area contributed by atoms with Gasteiger partial charge in [-0.2, -0.15) is 22.7 Å². The summed E-state index contributed by atoms with van der Waals surface area (Å²) < 4.78 is 0. The first kappa shape index (κ1) is 11.8. The molecule has 2 heterocycles. The molecule has 2 nitrogen and oxygen atoms in total. The van der Waals surface area contributed by atoms with E-state index in [1.54, 1.807) is 22.7 Å². The molecule has 0 aromatic carbocycles. The van der Waals surface area contributed by atoms with Gasteiger partial charge >= 0.3 is 0 Å². The summed E-state index contributed by atoms with van der Waals surface area (Å²) in [5, 5.41) is 16.1. The molecule has 16 heavy (non-hydrogen) atoms. The Kier molecular flexibility index (Phi) is 4.12. The summed E-state index contributed by atoms with van der Waals surface area (Å²) >= 11 is 15.0. The Hall–Kier alpha value is -0.680. The van der Waals surface area contributed by atoms with Crippen molar-refractivity contribution >= 4 is 56.2 Å². The predicted octanol–water partition coefficient (Wildman–Crippen LogP) is 4.40. The van der Waals surface area contributed by atoms with Crippen LogP contribution in [0.1, 0.15) is 11.1 Å². The number of hydrogen-bond donors (Lipinski definition) is 0. The quantitative estimate of drug-likeness (QED) is 0.591. The standard InChI is InChI=1S/C10H6Cl2N2S2/c11-9(7-1-3-15-5-7)13-14-10(12)8-2-4-16-6-8/h1-6H/b13-9+,14-10+. The molecule has 82 valence electrons. The van der Waals surface area contributed by atoms with Gasteiger partial charge in [-0.3, -0.25) is 0 Å². The summed E-state index contributed by atoms with van der Waals surface area (Å²) in [7, 11) is 0. The van der Waals surface area contributed by atoms with Crippen molar-refractivity contribution in [2.75, 3.05) is 0 Å². The molecular weight excluding hydrogens is 283 g/mol. The Balaban J connectivity index is 2.17. The van der Waals surface area contributed by atoms with Crippen LogP contribution in [0.3, 0.4) is 0 Å². The lowest BCUT2D eigenvalue weighted by molar-refractivity contribution is 1.26. The minimum Gasteiger partial charge on any atom is -0.152 e. The van der Waals surface area contributed by atoms with Crippen LogP contribution in [0.4, 0.5) is 0 Å². The van der Waals surface area contributed by atoms with Crippen LogP contribution in [0.15, 0.2) is 43.9 Å². The van der Waals surface area contributed by atoms with Crippen molar-refractivity contribution < 1.29 is 0 Å². The number of hydrogen-bond acceptors (Lipinski definition) is 4. The number of halogens is 2. The second-order valence-corrected chi connectivity index (χ2v) is 5.08. The van der Waals surface area contributed by atoms with E-state index in [2.05, 4.69) is 10.2 Å². The Bertz CT molecular complexity index is 453. The van der Waals surface area contributed by atoms with E-state index < -0.39 is 0 Å². The van der Waals surface area contributed by atoms with Gasteiger partial charge < -0.3 is 0 Å². The fraction of sp³-hybridized carbons (Fsp3) is 0. The second kappa shape index (κ2) is 5.59. The Morgan fingerprint density at radius 2 is 1.31 bits per heavy atom. The maximum absolute atomic E-state index is 5.95. The van der Waals surface area contributed by atoms with Gasteiger partial charge in [0.2, 0.25) is 0 Å². The highest BCUT2D eigenvalue weighted by Crippen LogP contribution is 2.13. The van der Waals surface area contributed by atoms with Crippen molar-refractivity contribution in [2.24, 2.45) is 10.2 Å². The lowest BCUT2D eigenvalue weighted by Gasteiger charge is -1.91. The highest BCUT2D eigenvalue weighted by atomic mass is 35.5. The van der Waals surface area contributed by atoms with Gasteiger partial charge in [-0.25, -0.2) is 0 Å².